The van der Waals surface area contributed by atoms with Gasteiger partial charge in [-0.05, 0) is 18.8 Å². The van der Waals surface area contributed by atoms with Crippen LogP contribution in [0.5, 0.6) is 0 Å². The summed E-state index contributed by atoms with van der Waals surface area (Å²) in [6, 6.07) is -4.53. The van der Waals surface area contributed by atoms with Gasteiger partial charge in [0.15, 0.2) is 0 Å². The Morgan fingerprint density at radius 1 is 1.03 bits per heavy atom. The van der Waals surface area contributed by atoms with E-state index in [0.717, 1.165) is 0 Å². The van der Waals surface area contributed by atoms with Gasteiger partial charge < -0.3 is 36.9 Å². The lowest BCUT2D eigenvalue weighted by atomic mass is 9.98. The molecule has 1 aromatic rings. The van der Waals surface area contributed by atoms with E-state index in [9.17, 15) is 29.4 Å². The van der Waals surface area contributed by atoms with E-state index in [1.165, 1.54) is 19.4 Å². The zero-order valence-corrected chi connectivity index (χ0v) is 19.7. The maximum atomic E-state index is 13.0. The third kappa shape index (κ3) is 8.46. The summed E-state index contributed by atoms with van der Waals surface area (Å²) in [4.78, 5) is 56.7. The number of nitrogens with zero attached hydrogens (tertiary/aromatic N) is 1. The number of carbonyl (C=O) groups is 4. The molecule has 0 aliphatic carbocycles. The van der Waals surface area contributed by atoms with Gasteiger partial charge in [-0.2, -0.15) is 0 Å². The minimum Gasteiger partial charge on any atom is -0.480 e. The smallest absolute Gasteiger partial charge is 0.326 e. The Balaban J connectivity index is 3.07. The summed E-state index contributed by atoms with van der Waals surface area (Å²) in [7, 11) is 0. The topological polar surface area (TPSA) is 200 Å². The first-order chi connectivity index (χ1) is 15.4. The fourth-order valence-electron chi connectivity index (χ4n) is 3.03. The predicted octanol–water partition coefficient (Wildman–Crippen LogP) is -1.10. The fourth-order valence-corrected chi connectivity index (χ4v) is 3.03. The van der Waals surface area contributed by atoms with Crippen molar-refractivity contribution in [3.8, 4) is 0 Å². The van der Waals surface area contributed by atoms with Gasteiger partial charge in [-0.15, -0.1) is 0 Å². The summed E-state index contributed by atoms with van der Waals surface area (Å²) in [5.41, 5.74) is 6.20. The molecule has 0 fully saturated rings. The first kappa shape index (κ1) is 28.0. The third-order valence-electron chi connectivity index (χ3n) is 5.46. The van der Waals surface area contributed by atoms with Gasteiger partial charge in [0.25, 0.3) is 0 Å². The molecule has 12 nitrogen and oxygen atoms in total. The fraction of sp³-hybridized carbons (Fsp3) is 0.667. The minimum absolute atomic E-state index is 0.0242. The molecule has 1 aromatic heterocycles. The number of nitrogens with one attached hydrogen (secondary N) is 4. The molecule has 1 rings (SSSR count). The summed E-state index contributed by atoms with van der Waals surface area (Å²) in [5, 5.41) is 26.6. The van der Waals surface area contributed by atoms with Crippen molar-refractivity contribution in [1.29, 1.82) is 0 Å². The second-order valence-electron chi connectivity index (χ2n) is 8.55. The molecule has 0 radical (unpaired) electrons. The number of aliphatic carboxylic acids is 1. The lowest BCUT2D eigenvalue weighted by Crippen LogP contribution is -2.60. The van der Waals surface area contributed by atoms with E-state index >= 15 is 0 Å². The average molecular weight is 469 g/mol. The van der Waals surface area contributed by atoms with Crippen LogP contribution < -0.4 is 21.7 Å². The van der Waals surface area contributed by atoms with Gasteiger partial charge in [-0.3, -0.25) is 14.4 Å². The van der Waals surface area contributed by atoms with Crippen molar-refractivity contribution in [2.45, 2.75) is 77.7 Å². The second kappa shape index (κ2) is 12.9. The molecule has 1 heterocycles. The number of hydrogen-bond donors (Lipinski definition) is 7. The molecule has 0 aliphatic heterocycles. The van der Waals surface area contributed by atoms with Gasteiger partial charge >= 0.3 is 5.97 Å². The monoisotopic (exact) mass is 468 g/mol. The molecule has 8 N–H and O–H groups in total. The first-order valence-electron chi connectivity index (χ1n) is 10.9. The second-order valence-corrected chi connectivity index (χ2v) is 8.55. The van der Waals surface area contributed by atoms with Crippen LogP contribution in [0.2, 0.25) is 0 Å². The number of aliphatic hydroxyl groups is 1. The number of carbonyl (C=O) groups excluding carboxylic acids is 3. The summed E-state index contributed by atoms with van der Waals surface area (Å²) in [5.74, 6) is -3.91. The van der Waals surface area contributed by atoms with Crippen molar-refractivity contribution < 1.29 is 29.4 Å². The quantitative estimate of drug-likeness (QED) is 0.189. The number of aliphatic hydroxyl groups excluding tert-OH is 1. The number of carboxylic acid groups (broad SMARTS) is 1. The van der Waals surface area contributed by atoms with Crippen LogP contribution in [0, 0.1) is 11.8 Å². The van der Waals surface area contributed by atoms with E-state index < -0.39 is 54.0 Å². The van der Waals surface area contributed by atoms with Crippen LogP contribution in [0.25, 0.3) is 0 Å². The molecule has 3 amide bonds. The van der Waals surface area contributed by atoms with Crippen LogP contribution in [-0.2, 0) is 25.6 Å². The number of rotatable bonds is 13. The maximum Gasteiger partial charge on any atom is 0.326 e. The predicted molar refractivity (Wildman–Crippen MR) is 120 cm³/mol. The van der Waals surface area contributed by atoms with Gasteiger partial charge in [0.05, 0.1) is 12.4 Å². The molecule has 0 spiro atoms. The Labute approximate surface area is 193 Å². The Bertz CT molecular complexity index is 797. The number of aromatic nitrogens is 2. The average Bonchev–Trinajstić information content (AvgIpc) is 3.26. The number of amides is 3. The largest absolute Gasteiger partial charge is 0.480 e. The molecule has 186 valence electrons. The van der Waals surface area contributed by atoms with Crippen LogP contribution in [0.1, 0.15) is 46.7 Å². The number of H-pyrrole nitrogens is 1. The van der Waals surface area contributed by atoms with E-state index in [2.05, 4.69) is 25.9 Å². The number of aromatic amines is 1. The van der Waals surface area contributed by atoms with E-state index in [0.29, 0.717) is 12.1 Å². The van der Waals surface area contributed by atoms with Gasteiger partial charge in [-0.25, -0.2) is 9.78 Å². The van der Waals surface area contributed by atoms with E-state index in [1.54, 1.807) is 20.8 Å². The van der Waals surface area contributed by atoms with Gasteiger partial charge in [0.1, 0.15) is 24.2 Å². The Kier molecular flexibility index (Phi) is 11.0. The maximum absolute atomic E-state index is 13.0. The SMILES string of the molecule is CCC(C)C(NC(=O)C(Cc1cnc[nH]1)NC(=O)C(NC(=O)C(N)C(C)O)C(C)C)C(=O)O. The molecular formula is C21H36N6O6. The normalized spacial score (nSPS) is 16.7. The number of imidazole rings is 1. The van der Waals surface area contributed by atoms with E-state index in [4.69, 9.17) is 5.73 Å². The zero-order valence-electron chi connectivity index (χ0n) is 19.7. The van der Waals surface area contributed by atoms with E-state index in [1.807, 2.05) is 6.92 Å². The first-order valence-corrected chi connectivity index (χ1v) is 10.9. The van der Waals surface area contributed by atoms with Crippen molar-refractivity contribution in [1.82, 2.24) is 25.9 Å². The molecule has 12 heteroatoms. The molecule has 0 saturated heterocycles. The summed E-state index contributed by atoms with van der Waals surface area (Å²) in [6.45, 7) is 8.27. The lowest BCUT2D eigenvalue weighted by Gasteiger charge is -2.28. The molecule has 0 saturated carbocycles. The Morgan fingerprint density at radius 3 is 2.09 bits per heavy atom. The van der Waals surface area contributed by atoms with Crippen molar-refractivity contribution in [2.24, 2.45) is 17.6 Å². The van der Waals surface area contributed by atoms with Crippen molar-refractivity contribution in [3.63, 3.8) is 0 Å². The van der Waals surface area contributed by atoms with Crippen LogP contribution >= 0.6 is 0 Å². The third-order valence-corrected chi connectivity index (χ3v) is 5.46. The molecule has 0 aromatic carbocycles. The standard InChI is InChI=1S/C21H36N6O6/c1-6-11(4)17(21(32)33)27-18(29)14(7-13-8-23-9-24-13)25-20(31)16(10(2)3)26-19(30)15(22)12(5)28/h8-12,14-17,28H,6-7,22H2,1-5H3,(H,23,24)(H,25,31)(H,26,30)(H,27,29)(H,32,33). The Morgan fingerprint density at radius 2 is 1.64 bits per heavy atom. The van der Waals surface area contributed by atoms with Crippen LogP contribution in [0.15, 0.2) is 12.5 Å². The highest BCUT2D eigenvalue weighted by Crippen LogP contribution is 2.10. The molecule has 0 bridgehead atoms. The molecular weight excluding hydrogens is 432 g/mol. The summed E-state index contributed by atoms with van der Waals surface area (Å²) in [6.07, 6.45) is 2.34. The summed E-state index contributed by atoms with van der Waals surface area (Å²) >= 11 is 0. The van der Waals surface area contributed by atoms with Crippen LogP contribution in [0.4, 0.5) is 0 Å². The van der Waals surface area contributed by atoms with Gasteiger partial charge in [0.2, 0.25) is 17.7 Å². The van der Waals surface area contributed by atoms with E-state index in [-0.39, 0.29) is 18.3 Å². The van der Waals surface area contributed by atoms with Gasteiger partial charge in [0, 0.05) is 18.3 Å². The molecule has 6 unspecified atom stereocenters. The minimum atomic E-state index is -1.23. The van der Waals surface area contributed by atoms with Crippen molar-refractivity contribution in [3.05, 3.63) is 18.2 Å². The highest BCUT2D eigenvalue weighted by molar-refractivity contribution is 5.94. The highest BCUT2D eigenvalue weighted by Gasteiger charge is 2.33. The highest BCUT2D eigenvalue weighted by atomic mass is 16.4. The molecule has 6 atom stereocenters. The number of nitrogens with two attached hydrogens (primary N) is 1. The van der Waals surface area contributed by atoms with Crippen LogP contribution in [-0.4, -0.2) is 74.1 Å². The summed E-state index contributed by atoms with van der Waals surface area (Å²) < 4.78 is 0. The Hall–Kier alpha value is -2.99. The lowest BCUT2D eigenvalue weighted by molar-refractivity contribution is -0.144. The molecule has 33 heavy (non-hydrogen) atoms. The van der Waals surface area contributed by atoms with Crippen LogP contribution in [0.3, 0.4) is 0 Å². The number of carboxylic acids is 1. The van der Waals surface area contributed by atoms with Crippen molar-refractivity contribution >= 4 is 23.7 Å². The van der Waals surface area contributed by atoms with Crippen molar-refractivity contribution in [2.75, 3.05) is 0 Å². The number of hydrogen-bond acceptors (Lipinski definition) is 7. The van der Waals surface area contributed by atoms with Gasteiger partial charge in [-0.1, -0.05) is 34.1 Å². The molecule has 0 aliphatic rings. The zero-order chi connectivity index (χ0) is 25.3.